The third kappa shape index (κ3) is 4.83. The number of hydrogen-bond acceptors (Lipinski definition) is 5. The molecule has 27 heavy (non-hydrogen) atoms. The SMILES string of the molecule is CCOC(=O)C1C(C)=NC(OCc2ccccc2)=NC1c1ccc(Br)cc1. The Morgan fingerprint density at radius 2 is 1.81 bits per heavy atom. The van der Waals surface area contributed by atoms with Gasteiger partial charge >= 0.3 is 12.0 Å². The highest BCUT2D eigenvalue weighted by molar-refractivity contribution is 9.10. The molecule has 0 saturated carbocycles. The smallest absolute Gasteiger partial charge is 0.317 e. The van der Waals surface area contributed by atoms with Crippen molar-refractivity contribution in [3.8, 4) is 0 Å². The van der Waals surface area contributed by atoms with Gasteiger partial charge in [-0.2, -0.15) is 0 Å². The van der Waals surface area contributed by atoms with Crippen LogP contribution in [0.15, 0.2) is 69.1 Å². The second-order valence-electron chi connectivity index (χ2n) is 6.17. The van der Waals surface area contributed by atoms with Gasteiger partial charge in [0.2, 0.25) is 0 Å². The predicted molar refractivity (Wildman–Crippen MR) is 109 cm³/mol. The van der Waals surface area contributed by atoms with Gasteiger partial charge in [-0.1, -0.05) is 58.4 Å². The molecule has 2 unspecified atom stereocenters. The van der Waals surface area contributed by atoms with E-state index in [1.54, 1.807) is 6.92 Å². The molecule has 0 N–H and O–H groups in total. The summed E-state index contributed by atoms with van der Waals surface area (Å²) in [6.45, 7) is 4.29. The van der Waals surface area contributed by atoms with Gasteiger partial charge < -0.3 is 9.47 Å². The zero-order chi connectivity index (χ0) is 19.2. The van der Waals surface area contributed by atoms with Crippen molar-refractivity contribution in [3.05, 3.63) is 70.2 Å². The van der Waals surface area contributed by atoms with Crippen molar-refractivity contribution in [2.24, 2.45) is 15.9 Å². The first kappa shape index (κ1) is 19.3. The molecule has 0 fully saturated rings. The average Bonchev–Trinajstić information content (AvgIpc) is 2.67. The van der Waals surface area contributed by atoms with E-state index in [9.17, 15) is 4.79 Å². The zero-order valence-corrected chi connectivity index (χ0v) is 16.8. The molecule has 0 amide bonds. The van der Waals surface area contributed by atoms with E-state index >= 15 is 0 Å². The average molecular weight is 429 g/mol. The lowest BCUT2D eigenvalue weighted by Gasteiger charge is -2.26. The zero-order valence-electron chi connectivity index (χ0n) is 15.3. The normalized spacial score (nSPS) is 19.1. The largest absolute Gasteiger partial charge is 0.465 e. The summed E-state index contributed by atoms with van der Waals surface area (Å²) in [6, 6.07) is 17.4. The van der Waals surface area contributed by atoms with E-state index in [1.165, 1.54) is 0 Å². The topological polar surface area (TPSA) is 60.2 Å². The number of hydrogen-bond donors (Lipinski definition) is 0. The van der Waals surface area contributed by atoms with Crippen LogP contribution < -0.4 is 0 Å². The molecule has 1 heterocycles. The maximum atomic E-state index is 12.5. The van der Waals surface area contributed by atoms with Gasteiger partial charge in [0.1, 0.15) is 12.5 Å². The van der Waals surface area contributed by atoms with Crippen LogP contribution in [-0.4, -0.2) is 24.3 Å². The third-order valence-electron chi connectivity index (χ3n) is 4.25. The molecule has 5 nitrogen and oxygen atoms in total. The maximum Gasteiger partial charge on any atom is 0.317 e. The first-order valence-electron chi connectivity index (χ1n) is 8.80. The van der Waals surface area contributed by atoms with Crippen LogP contribution in [0.5, 0.6) is 0 Å². The highest BCUT2D eigenvalue weighted by atomic mass is 79.9. The lowest BCUT2D eigenvalue weighted by molar-refractivity contribution is -0.146. The molecule has 140 valence electrons. The number of ether oxygens (including phenoxy) is 2. The molecule has 0 saturated heterocycles. The number of halogens is 1. The fourth-order valence-electron chi connectivity index (χ4n) is 2.92. The van der Waals surface area contributed by atoms with Gasteiger partial charge in [-0.05, 0) is 37.1 Å². The molecule has 2 aromatic carbocycles. The Labute approximate surface area is 167 Å². The number of benzene rings is 2. The van der Waals surface area contributed by atoms with Crippen molar-refractivity contribution in [2.45, 2.75) is 26.5 Å². The molecule has 0 spiro atoms. The number of amidine groups is 1. The Bertz CT molecular complexity index is 847. The molecule has 0 aromatic heterocycles. The Morgan fingerprint density at radius 3 is 2.48 bits per heavy atom. The Kier molecular flexibility index (Phi) is 6.40. The molecule has 2 atom stereocenters. The molecule has 1 aliphatic heterocycles. The Morgan fingerprint density at radius 1 is 1.11 bits per heavy atom. The van der Waals surface area contributed by atoms with Crippen molar-refractivity contribution in [1.82, 2.24) is 0 Å². The lowest BCUT2D eigenvalue weighted by Crippen LogP contribution is -2.34. The van der Waals surface area contributed by atoms with Gasteiger partial charge in [0.15, 0.2) is 0 Å². The highest BCUT2D eigenvalue weighted by Gasteiger charge is 2.36. The number of carbonyl (C=O) groups is 1. The standard InChI is InChI=1S/C21H21BrN2O3/c1-3-26-20(25)18-14(2)23-21(27-13-15-7-5-4-6-8-15)24-19(18)16-9-11-17(22)12-10-16/h4-12,18-19H,3,13H2,1-2H3. The van der Waals surface area contributed by atoms with Crippen LogP contribution in [0.4, 0.5) is 0 Å². The quantitative estimate of drug-likeness (QED) is 0.647. The van der Waals surface area contributed by atoms with Crippen molar-refractivity contribution in [3.63, 3.8) is 0 Å². The van der Waals surface area contributed by atoms with Gasteiger partial charge in [-0.15, -0.1) is 0 Å². The molecule has 0 radical (unpaired) electrons. The summed E-state index contributed by atoms with van der Waals surface area (Å²) in [5.41, 5.74) is 2.58. The van der Waals surface area contributed by atoms with E-state index in [0.717, 1.165) is 15.6 Å². The number of aliphatic imine (C=N–C) groups is 2. The summed E-state index contributed by atoms with van der Waals surface area (Å²) >= 11 is 3.44. The van der Waals surface area contributed by atoms with Crippen LogP contribution in [-0.2, 0) is 20.9 Å². The van der Waals surface area contributed by atoms with Gasteiger partial charge in [0.25, 0.3) is 0 Å². The molecule has 0 aliphatic carbocycles. The van der Waals surface area contributed by atoms with E-state index in [-0.39, 0.29) is 12.0 Å². The third-order valence-corrected chi connectivity index (χ3v) is 4.78. The van der Waals surface area contributed by atoms with Gasteiger partial charge in [0, 0.05) is 10.2 Å². The fraction of sp³-hybridized carbons (Fsp3) is 0.286. The van der Waals surface area contributed by atoms with Gasteiger partial charge in [-0.3, -0.25) is 4.79 Å². The van der Waals surface area contributed by atoms with E-state index in [1.807, 2.05) is 61.5 Å². The van der Waals surface area contributed by atoms with Crippen LogP contribution in [0.25, 0.3) is 0 Å². The molecule has 0 bridgehead atoms. The molecule has 6 heteroatoms. The number of nitrogens with zero attached hydrogens (tertiary/aromatic N) is 2. The van der Waals surface area contributed by atoms with E-state index in [4.69, 9.17) is 9.47 Å². The van der Waals surface area contributed by atoms with Crippen LogP contribution in [0.2, 0.25) is 0 Å². The van der Waals surface area contributed by atoms with Crippen LogP contribution >= 0.6 is 15.9 Å². The maximum absolute atomic E-state index is 12.5. The fourth-order valence-corrected chi connectivity index (χ4v) is 3.19. The Balaban J connectivity index is 1.87. The van der Waals surface area contributed by atoms with E-state index in [2.05, 4.69) is 25.9 Å². The summed E-state index contributed by atoms with van der Waals surface area (Å²) in [4.78, 5) is 21.6. The van der Waals surface area contributed by atoms with Crippen LogP contribution in [0, 0.1) is 5.92 Å². The number of carbonyl (C=O) groups excluding carboxylic acids is 1. The molecular weight excluding hydrogens is 408 g/mol. The Hall–Kier alpha value is -2.47. The minimum absolute atomic E-state index is 0.282. The minimum atomic E-state index is -0.560. The molecule has 2 aromatic rings. The predicted octanol–water partition coefficient (Wildman–Crippen LogP) is 4.72. The first-order valence-corrected chi connectivity index (χ1v) is 9.59. The van der Waals surface area contributed by atoms with Crippen LogP contribution in [0.1, 0.15) is 31.0 Å². The van der Waals surface area contributed by atoms with Crippen molar-refractivity contribution >= 4 is 33.6 Å². The molecule has 3 rings (SSSR count). The van der Waals surface area contributed by atoms with Crippen molar-refractivity contribution in [2.75, 3.05) is 6.61 Å². The van der Waals surface area contributed by atoms with E-state index < -0.39 is 12.0 Å². The van der Waals surface area contributed by atoms with Gasteiger partial charge in [-0.25, -0.2) is 9.98 Å². The lowest BCUT2D eigenvalue weighted by atomic mass is 9.89. The second kappa shape index (κ2) is 8.95. The summed E-state index contributed by atoms with van der Waals surface area (Å²) < 4.78 is 12.0. The van der Waals surface area contributed by atoms with Crippen molar-refractivity contribution in [1.29, 1.82) is 0 Å². The number of esters is 1. The second-order valence-corrected chi connectivity index (χ2v) is 7.08. The summed E-state index contributed by atoms with van der Waals surface area (Å²) in [5, 5.41) is 0. The monoisotopic (exact) mass is 428 g/mol. The summed E-state index contributed by atoms with van der Waals surface area (Å²) in [7, 11) is 0. The van der Waals surface area contributed by atoms with Crippen LogP contribution in [0.3, 0.4) is 0 Å². The summed E-state index contributed by atoms with van der Waals surface area (Å²) in [6.07, 6.45) is 0. The summed E-state index contributed by atoms with van der Waals surface area (Å²) in [5.74, 6) is -0.882. The molecule has 1 aliphatic rings. The highest BCUT2D eigenvalue weighted by Crippen LogP contribution is 2.33. The number of rotatable bonds is 5. The minimum Gasteiger partial charge on any atom is -0.465 e. The van der Waals surface area contributed by atoms with E-state index in [0.29, 0.717) is 18.9 Å². The first-order chi connectivity index (χ1) is 13.1. The van der Waals surface area contributed by atoms with Gasteiger partial charge in [0.05, 0.1) is 12.6 Å². The molecular formula is C21H21BrN2O3. The van der Waals surface area contributed by atoms with Crippen molar-refractivity contribution < 1.29 is 14.3 Å².